The second-order valence-electron chi connectivity index (χ2n) is 2.68. The van der Waals surface area contributed by atoms with E-state index in [1.54, 1.807) is 6.92 Å². The topological polar surface area (TPSA) is 35.2 Å². The maximum atomic E-state index is 13.2. The predicted octanol–water partition coefficient (Wildman–Crippen LogP) is 2.55. The summed E-state index contributed by atoms with van der Waals surface area (Å²) in [5.41, 5.74) is 5.48. The first-order valence-electron chi connectivity index (χ1n) is 4.13. The molecule has 0 saturated carbocycles. The molecule has 1 aromatic rings. The highest BCUT2D eigenvalue weighted by Gasteiger charge is 2.15. The van der Waals surface area contributed by atoms with Gasteiger partial charge in [0.15, 0.2) is 11.6 Å². The van der Waals surface area contributed by atoms with Crippen molar-refractivity contribution in [2.75, 3.05) is 12.3 Å². The number of nitrogen functional groups attached to an aromatic ring is 1. The number of halogens is 2. The van der Waals surface area contributed by atoms with Crippen molar-refractivity contribution in [1.29, 1.82) is 0 Å². The Morgan fingerprint density at radius 3 is 2.71 bits per heavy atom. The van der Waals surface area contributed by atoms with Crippen LogP contribution in [0.3, 0.4) is 0 Å². The molecule has 0 fully saturated rings. The van der Waals surface area contributed by atoms with Gasteiger partial charge in [-0.15, -0.1) is 0 Å². The normalized spacial score (nSPS) is 9.93. The fourth-order valence-electron chi connectivity index (χ4n) is 1.10. The third-order valence-electron chi connectivity index (χ3n) is 1.72. The minimum absolute atomic E-state index is 0.0435. The molecule has 14 heavy (non-hydrogen) atoms. The Labute approximate surface area is 81.0 Å². The molecule has 1 aromatic carbocycles. The van der Waals surface area contributed by atoms with Crippen molar-refractivity contribution in [1.82, 2.24) is 0 Å². The van der Waals surface area contributed by atoms with Crippen LogP contribution >= 0.6 is 0 Å². The highest BCUT2D eigenvalue weighted by Crippen LogP contribution is 2.25. The summed E-state index contributed by atoms with van der Waals surface area (Å²) in [4.78, 5) is 0. The Hall–Kier alpha value is -1.58. The third kappa shape index (κ3) is 1.84. The van der Waals surface area contributed by atoms with Gasteiger partial charge in [-0.1, -0.05) is 6.58 Å². The van der Waals surface area contributed by atoms with Crippen molar-refractivity contribution >= 4 is 11.4 Å². The molecule has 0 heterocycles. The Balaban J connectivity index is 3.18. The lowest BCUT2D eigenvalue weighted by Gasteiger charge is -2.10. The van der Waals surface area contributed by atoms with E-state index >= 15 is 0 Å². The van der Waals surface area contributed by atoms with E-state index in [1.165, 1.54) is 6.07 Å². The van der Waals surface area contributed by atoms with E-state index in [4.69, 9.17) is 10.5 Å². The molecule has 0 amide bonds. The average Bonchev–Trinajstić information content (AvgIpc) is 2.13. The summed E-state index contributed by atoms with van der Waals surface area (Å²) in [6.45, 7) is 5.52. The molecule has 0 aliphatic rings. The molecule has 0 saturated heterocycles. The van der Waals surface area contributed by atoms with Crippen LogP contribution in [0.1, 0.15) is 12.5 Å². The van der Waals surface area contributed by atoms with E-state index < -0.39 is 11.6 Å². The van der Waals surface area contributed by atoms with Gasteiger partial charge in [0.1, 0.15) is 5.76 Å². The highest BCUT2D eigenvalue weighted by atomic mass is 19.2. The summed E-state index contributed by atoms with van der Waals surface area (Å²) >= 11 is 0. The first kappa shape index (κ1) is 10.5. The molecule has 0 atom stereocenters. The van der Waals surface area contributed by atoms with Crippen molar-refractivity contribution in [3.63, 3.8) is 0 Å². The van der Waals surface area contributed by atoms with E-state index in [2.05, 4.69) is 6.58 Å². The highest BCUT2D eigenvalue weighted by molar-refractivity contribution is 5.70. The number of rotatable bonds is 3. The molecule has 0 bridgehead atoms. The summed E-state index contributed by atoms with van der Waals surface area (Å²) in [5, 5.41) is 0. The zero-order valence-electron chi connectivity index (χ0n) is 7.81. The number of benzene rings is 1. The quantitative estimate of drug-likeness (QED) is 0.599. The Bertz CT molecular complexity index is 363. The first-order valence-corrected chi connectivity index (χ1v) is 4.13. The summed E-state index contributed by atoms with van der Waals surface area (Å²) in [7, 11) is 0. The lowest BCUT2D eigenvalue weighted by Crippen LogP contribution is -2.02. The molecular formula is C10H11F2NO. The molecule has 1 rings (SSSR count). The van der Waals surface area contributed by atoms with Crippen LogP contribution < -0.4 is 5.73 Å². The van der Waals surface area contributed by atoms with Gasteiger partial charge in [-0.25, -0.2) is 8.78 Å². The second-order valence-corrected chi connectivity index (χ2v) is 2.68. The summed E-state index contributed by atoms with van der Waals surface area (Å²) < 4.78 is 31.0. The molecule has 2 N–H and O–H groups in total. The second kappa shape index (κ2) is 4.09. The van der Waals surface area contributed by atoms with Gasteiger partial charge in [-0.3, -0.25) is 0 Å². The molecule has 0 aliphatic heterocycles. The van der Waals surface area contributed by atoms with Crippen LogP contribution in [0, 0.1) is 11.6 Å². The van der Waals surface area contributed by atoms with E-state index in [1.807, 2.05) is 0 Å². The standard InChI is InChI=1S/C10H11F2NO/c1-3-14-6(2)9-8(13)5-4-7(11)10(9)12/h4-5H,2-3,13H2,1H3. The van der Waals surface area contributed by atoms with Crippen molar-refractivity contribution in [2.24, 2.45) is 0 Å². The number of ether oxygens (including phenoxy) is 1. The molecule has 0 radical (unpaired) electrons. The van der Waals surface area contributed by atoms with E-state index in [-0.39, 0.29) is 17.0 Å². The van der Waals surface area contributed by atoms with Crippen molar-refractivity contribution in [3.8, 4) is 0 Å². The third-order valence-corrected chi connectivity index (χ3v) is 1.72. The zero-order chi connectivity index (χ0) is 10.7. The predicted molar refractivity (Wildman–Crippen MR) is 51.4 cm³/mol. The van der Waals surface area contributed by atoms with Gasteiger partial charge in [0.2, 0.25) is 0 Å². The zero-order valence-corrected chi connectivity index (χ0v) is 7.81. The largest absolute Gasteiger partial charge is 0.494 e. The number of anilines is 1. The maximum Gasteiger partial charge on any atom is 0.171 e. The number of hydrogen-bond acceptors (Lipinski definition) is 2. The minimum Gasteiger partial charge on any atom is -0.494 e. The van der Waals surface area contributed by atoms with Crippen molar-refractivity contribution in [3.05, 3.63) is 35.9 Å². The summed E-state index contributed by atoms with van der Waals surface area (Å²) in [5.74, 6) is -1.94. The first-order chi connectivity index (χ1) is 6.57. The number of nitrogens with two attached hydrogens (primary N) is 1. The summed E-state index contributed by atoms with van der Waals surface area (Å²) in [6.07, 6.45) is 0. The molecule has 0 aromatic heterocycles. The lowest BCUT2D eigenvalue weighted by molar-refractivity contribution is 0.297. The smallest absolute Gasteiger partial charge is 0.171 e. The van der Waals surface area contributed by atoms with Crippen LogP contribution in [0.2, 0.25) is 0 Å². The Morgan fingerprint density at radius 1 is 1.50 bits per heavy atom. The maximum absolute atomic E-state index is 13.2. The van der Waals surface area contributed by atoms with Gasteiger partial charge >= 0.3 is 0 Å². The Kier molecular flexibility index (Phi) is 3.06. The van der Waals surface area contributed by atoms with Gasteiger partial charge in [-0.05, 0) is 19.1 Å². The molecule has 0 aliphatic carbocycles. The van der Waals surface area contributed by atoms with E-state index in [9.17, 15) is 8.78 Å². The van der Waals surface area contributed by atoms with E-state index in [0.717, 1.165) is 6.07 Å². The van der Waals surface area contributed by atoms with Crippen LogP contribution in [0.4, 0.5) is 14.5 Å². The van der Waals surface area contributed by atoms with Gasteiger partial charge in [-0.2, -0.15) is 0 Å². The SMILES string of the molecule is C=C(OCC)c1c(N)ccc(F)c1F. The summed E-state index contributed by atoms with van der Waals surface area (Å²) in [6, 6.07) is 2.24. The fraction of sp³-hybridized carbons (Fsp3) is 0.200. The van der Waals surface area contributed by atoms with Crippen LogP contribution in [0.5, 0.6) is 0 Å². The Morgan fingerprint density at radius 2 is 2.14 bits per heavy atom. The molecule has 2 nitrogen and oxygen atoms in total. The average molecular weight is 199 g/mol. The van der Waals surface area contributed by atoms with E-state index in [0.29, 0.717) is 6.61 Å². The van der Waals surface area contributed by atoms with Gasteiger partial charge in [0.05, 0.1) is 12.2 Å². The lowest BCUT2D eigenvalue weighted by atomic mass is 10.1. The molecule has 76 valence electrons. The van der Waals surface area contributed by atoms with Crippen LogP contribution in [0.25, 0.3) is 5.76 Å². The van der Waals surface area contributed by atoms with Crippen LogP contribution in [0.15, 0.2) is 18.7 Å². The number of hydrogen-bond donors (Lipinski definition) is 1. The van der Waals surface area contributed by atoms with Crippen molar-refractivity contribution < 1.29 is 13.5 Å². The van der Waals surface area contributed by atoms with Crippen LogP contribution in [-0.4, -0.2) is 6.61 Å². The van der Waals surface area contributed by atoms with Gasteiger partial charge in [0.25, 0.3) is 0 Å². The molecule has 0 unspecified atom stereocenters. The van der Waals surface area contributed by atoms with Gasteiger partial charge in [0, 0.05) is 5.69 Å². The minimum atomic E-state index is -1.02. The van der Waals surface area contributed by atoms with Crippen molar-refractivity contribution in [2.45, 2.75) is 6.92 Å². The molecular weight excluding hydrogens is 188 g/mol. The van der Waals surface area contributed by atoms with Gasteiger partial charge < -0.3 is 10.5 Å². The molecule has 4 heteroatoms. The van der Waals surface area contributed by atoms with Crippen LogP contribution in [-0.2, 0) is 4.74 Å². The fourth-order valence-corrected chi connectivity index (χ4v) is 1.10. The molecule has 0 spiro atoms. The monoisotopic (exact) mass is 199 g/mol.